The molecule has 0 saturated carbocycles. The van der Waals surface area contributed by atoms with Crippen molar-refractivity contribution in [1.29, 1.82) is 0 Å². The first-order valence-electron chi connectivity index (χ1n) is 7.59. The van der Waals surface area contributed by atoms with E-state index in [2.05, 4.69) is 21.9 Å². The summed E-state index contributed by atoms with van der Waals surface area (Å²) in [6.07, 6.45) is 0.0407. The van der Waals surface area contributed by atoms with Gasteiger partial charge >= 0.3 is 6.18 Å². The highest BCUT2D eigenvalue weighted by atomic mass is 19.4. The number of nitrogens with zero attached hydrogens (tertiary/aromatic N) is 1. The smallest absolute Gasteiger partial charge is 0.372 e. The van der Waals surface area contributed by atoms with E-state index in [-0.39, 0.29) is 6.61 Å². The average Bonchev–Trinajstić information content (AvgIpc) is 2.38. The zero-order valence-electron chi connectivity index (χ0n) is 12.3. The predicted molar refractivity (Wildman–Crippen MR) is 73.8 cm³/mol. The van der Waals surface area contributed by atoms with E-state index in [4.69, 9.17) is 0 Å². The van der Waals surface area contributed by atoms with E-state index in [1.165, 1.54) is 12.8 Å². The molecule has 20 heavy (non-hydrogen) atoms. The zero-order valence-corrected chi connectivity index (χ0v) is 12.3. The monoisotopic (exact) mass is 296 g/mol. The molecule has 1 atom stereocenters. The van der Waals surface area contributed by atoms with Crippen molar-refractivity contribution in [2.45, 2.75) is 38.8 Å². The van der Waals surface area contributed by atoms with Gasteiger partial charge in [0.25, 0.3) is 0 Å². The topological polar surface area (TPSA) is 24.5 Å². The third-order valence-corrected chi connectivity index (χ3v) is 3.49. The molecule has 1 rings (SSSR count). The van der Waals surface area contributed by atoms with Crippen LogP contribution in [0.5, 0.6) is 0 Å². The van der Waals surface area contributed by atoms with Gasteiger partial charge in [0.05, 0.1) is 0 Å². The lowest BCUT2D eigenvalue weighted by molar-refractivity contribution is -0.174. The van der Waals surface area contributed by atoms with Crippen LogP contribution in [0.3, 0.4) is 0 Å². The normalized spacial score (nSPS) is 21.3. The van der Waals surface area contributed by atoms with Crippen LogP contribution in [0.2, 0.25) is 0 Å². The van der Waals surface area contributed by atoms with Gasteiger partial charge in [-0.25, -0.2) is 0 Å². The largest absolute Gasteiger partial charge is 0.411 e. The maximum Gasteiger partial charge on any atom is 0.411 e. The quantitative estimate of drug-likeness (QED) is 0.662. The van der Waals surface area contributed by atoms with E-state index in [1.807, 2.05) is 0 Å². The highest BCUT2D eigenvalue weighted by molar-refractivity contribution is 4.74. The van der Waals surface area contributed by atoms with Gasteiger partial charge in [-0.1, -0.05) is 6.92 Å². The Morgan fingerprint density at radius 2 is 2.15 bits per heavy atom. The highest BCUT2D eigenvalue weighted by Crippen LogP contribution is 2.17. The summed E-state index contributed by atoms with van der Waals surface area (Å²) in [5.41, 5.74) is 0. The van der Waals surface area contributed by atoms with Gasteiger partial charge in [0, 0.05) is 19.7 Å². The SMILES string of the molecule is CCCNCC1CCCN(CCCOCC(F)(F)F)C1. The Labute approximate surface area is 119 Å². The van der Waals surface area contributed by atoms with Gasteiger partial charge in [-0.2, -0.15) is 13.2 Å². The highest BCUT2D eigenvalue weighted by Gasteiger charge is 2.27. The van der Waals surface area contributed by atoms with Gasteiger partial charge in [0.15, 0.2) is 0 Å². The van der Waals surface area contributed by atoms with Gasteiger partial charge in [-0.05, 0) is 51.2 Å². The van der Waals surface area contributed by atoms with Gasteiger partial charge < -0.3 is 15.0 Å². The summed E-state index contributed by atoms with van der Waals surface area (Å²) in [6, 6.07) is 0. The number of piperidine rings is 1. The van der Waals surface area contributed by atoms with Crippen molar-refractivity contribution in [3.05, 3.63) is 0 Å². The molecule has 1 aliphatic rings. The standard InChI is InChI=1S/C14H27F3N2O/c1-2-6-18-10-13-5-3-7-19(11-13)8-4-9-20-12-14(15,16)17/h13,18H,2-12H2,1H3. The van der Waals surface area contributed by atoms with Gasteiger partial charge in [0.2, 0.25) is 0 Å². The maximum absolute atomic E-state index is 11.9. The number of alkyl halides is 3. The summed E-state index contributed by atoms with van der Waals surface area (Å²) in [4.78, 5) is 2.35. The molecule has 1 saturated heterocycles. The molecular formula is C14H27F3N2O. The van der Waals surface area contributed by atoms with E-state index < -0.39 is 12.8 Å². The second-order valence-corrected chi connectivity index (χ2v) is 5.53. The van der Waals surface area contributed by atoms with Crippen molar-refractivity contribution in [3.8, 4) is 0 Å². The maximum atomic E-state index is 11.9. The summed E-state index contributed by atoms with van der Waals surface area (Å²) < 4.78 is 40.3. The van der Waals surface area contributed by atoms with Crippen LogP contribution in [0.4, 0.5) is 13.2 Å². The first-order valence-corrected chi connectivity index (χ1v) is 7.59. The second kappa shape index (κ2) is 9.58. The van der Waals surface area contributed by atoms with Crippen molar-refractivity contribution in [3.63, 3.8) is 0 Å². The van der Waals surface area contributed by atoms with Crippen molar-refractivity contribution < 1.29 is 17.9 Å². The van der Waals surface area contributed by atoms with E-state index in [0.717, 1.165) is 39.1 Å². The minimum atomic E-state index is -4.21. The number of rotatable bonds is 9. The van der Waals surface area contributed by atoms with E-state index >= 15 is 0 Å². The number of ether oxygens (including phenoxy) is 1. The molecule has 0 aromatic heterocycles. The summed E-state index contributed by atoms with van der Waals surface area (Å²) in [5, 5.41) is 3.44. The third kappa shape index (κ3) is 8.76. The van der Waals surface area contributed by atoms with E-state index in [9.17, 15) is 13.2 Å². The molecule has 1 fully saturated rings. The van der Waals surface area contributed by atoms with Crippen LogP contribution in [0, 0.1) is 5.92 Å². The molecule has 0 bridgehead atoms. The Morgan fingerprint density at radius 3 is 2.85 bits per heavy atom. The van der Waals surface area contributed by atoms with Crippen molar-refractivity contribution >= 4 is 0 Å². The summed E-state index contributed by atoms with van der Waals surface area (Å²) >= 11 is 0. The number of halogens is 3. The van der Waals surface area contributed by atoms with Crippen LogP contribution in [-0.2, 0) is 4.74 Å². The molecule has 0 aliphatic carbocycles. The van der Waals surface area contributed by atoms with Crippen LogP contribution in [-0.4, -0.2) is 57.0 Å². The lowest BCUT2D eigenvalue weighted by atomic mass is 9.98. The van der Waals surface area contributed by atoms with Crippen molar-refractivity contribution in [2.75, 3.05) is 45.9 Å². The molecule has 0 aromatic carbocycles. The molecule has 0 spiro atoms. The number of hydrogen-bond acceptors (Lipinski definition) is 3. The fraction of sp³-hybridized carbons (Fsp3) is 1.00. The summed E-state index contributed by atoms with van der Waals surface area (Å²) in [6.45, 7) is 6.27. The molecule has 1 unspecified atom stereocenters. The van der Waals surface area contributed by atoms with Crippen molar-refractivity contribution in [1.82, 2.24) is 10.2 Å². The first-order chi connectivity index (χ1) is 9.51. The Bertz CT molecular complexity index is 249. The molecule has 0 aromatic rings. The molecule has 0 amide bonds. The molecular weight excluding hydrogens is 269 g/mol. The van der Waals surface area contributed by atoms with Crippen LogP contribution in [0.25, 0.3) is 0 Å². The molecule has 1 N–H and O–H groups in total. The lowest BCUT2D eigenvalue weighted by Gasteiger charge is -2.32. The van der Waals surface area contributed by atoms with Crippen LogP contribution in [0.15, 0.2) is 0 Å². The molecule has 3 nitrogen and oxygen atoms in total. The summed E-state index contributed by atoms with van der Waals surface area (Å²) in [7, 11) is 0. The van der Waals surface area contributed by atoms with Crippen LogP contribution < -0.4 is 5.32 Å². The number of likely N-dealkylation sites (tertiary alicyclic amines) is 1. The first kappa shape index (κ1) is 17.7. The van der Waals surface area contributed by atoms with Gasteiger partial charge in [-0.3, -0.25) is 0 Å². The summed E-state index contributed by atoms with van der Waals surface area (Å²) in [5.74, 6) is 0.673. The van der Waals surface area contributed by atoms with Crippen LogP contribution >= 0.6 is 0 Å². The minimum absolute atomic E-state index is 0.189. The molecule has 1 aliphatic heterocycles. The fourth-order valence-corrected chi connectivity index (χ4v) is 2.58. The second-order valence-electron chi connectivity index (χ2n) is 5.53. The molecule has 1 heterocycles. The fourth-order valence-electron chi connectivity index (χ4n) is 2.58. The predicted octanol–water partition coefficient (Wildman–Crippen LogP) is 2.67. The van der Waals surface area contributed by atoms with Gasteiger partial charge in [-0.15, -0.1) is 0 Å². The third-order valence-electron chi connectivity index (χ3n) is 3.49. The van der Waals surface area contributed by atoms with E-state index in [1.54, 1.807) is 0 Å². The Kier molecular flexibility index (Phi) is 8.49. The Balaban J connectivity index is 2.05. The van der Waals surface area contributed by atoms with E-state index in [0.29, 0.717) is 12.3 Å². The number of nitrogens with one attached hydrogen (secondary N) is 1. The Morgan fingerprint density at radius 1 is 1.35 bits per heavy atom. The molecule has 0 radical (unpaired) electrons. The minimum Gasteiger partial charge on any atom is -0.372 e. The number of hydrogen-bond donors (Lipinski definition) is 1. The van der Waals surface area contributed by atoms with Crippen LogP contribution in [0.1, 0.15) is 32.6 Å². The molecule has 6 heteroatoms. The van der Waals surface area contributed by atoms with Gasteiger partial charge in [0.1, 0.15) is 6.61 Å². The molecule has 120 valence electrons. The average molecular weight is 296 g/mol. The van der Waals surface area contributed by atoms with Crippen molar-refractivity contribution in [2.24, 2.45) is 5.92 Å². The Hall–Kier alpha value is -0.330. The zero-order chi connectivity index (χ0) is 14.8. The lowest BCUT2D eigenvalue weighted by Crippen LogP contribution is -2.40.